The molecular weight excluding hydrogens is 348 g/mol. The number of hydrogen-bond acceptors (Lipinski definition) is 6. The van der Waals surface area contributed by atoms with Gasteiger partial charge in [0.15, 0.2) is 5.82 Å². The second kappa shape index (κ2) is 7.79. The quantitative estimate of drug-likeness (QED) is 0.783. The summed E-state index contributed by atoms with van der Waals surface area (Å²) in [5, 5.41) is 9.24. The Balaban J connectivity index is 1.73. The van der Waals surface area contributed by atoms with Crippen molar-refractivity contribution >= 4 is 29.0 Å². The Bertz CT molecular complexity index is 825. The number of rotatable bonds is 5. The molecule has 2 N–H and O–H groups in total. The molecule has 0 atom stereocenters. The third kappa shape index (κ3) is 4.28. The Labute approximate surface area is 157 Å². The number of anilines is 3. The molecule has 2 amide bonds. The van der Waals surface area contributed by atoms with Crippen LogP contribution in [0.1, 0.15) is 19.6 Å². The van der Waals surface area contributed by atoms with E-state index < -0.39 is 17.2 Å². The molecule has 8 heteroatoms. The summed E-state index contributed by atoms with van der Waals surface area (Å²) in [6.45, 7) is 7.66. The van der Waals surface area contributed by atoms with Gasteiger partial charge in [-0.2, -0.15) is 0 Å². The molecule has 27 heavy (non-hydrogen) atoms. The van der Waals surface area contributed by atoms with Gasteiger partial charge in [-0.05, 0) is 32.9 Å². The minimum absolute atomic E-state index is 0.284. The lowest BCUT2D eigenvalue weighted by Crippen LogP contribution is -2.42. The van der Waals surface area contributed by atoms with Gasteiger partial charge >= 0.3 is 0 Å². The van der Waals surface area contributed by atoms with Gasteiger partial charge in [0, 0.05) is 19.2 Å². The molecule has 2 aromatic rings. The molecule has 2 heterocycles. The number of aryl methyl sites for hydroxylation is 1. The van der Waals surface area contributed by atoms with E-state index in [4.69, 9.17) is 9.26 Å². The molecule has 1 aromatic carbocycles. The maximum absolute atomic E-state index is 12.8. The molecule has 3 rings (SSSR count). The van der Waals surface area contributed by atoms with Crippen molar-refractivity contribution in [1.82, 2.24) is 5.16 Å². The van der Waals surface area contributed by atoms with Crippen molar-refractivity contribution < 1.29 is 18.8 Å². The summed E-state index contributed by atoms with van der Waals surface area (Å²) in [5.74, 6) is -0.00262. The van der Waals surface area contributed by atoms with Crippen LogP contribution >= 0.6 is 0 Å². The molecule has 0 unspecified atom stereocenters. The molecule has 8 nitrogen and oxygen atoms in total. The minimum Gasteiger partial charge on any atom is -0.378 e. The molecule has 0 radical (unpaired) electrons. The van der Waals surface area contributed by atoms with Crippen LogP contribution in [0.3, 0.4) is 0 Å². The highest BCUT2D eigenvalue weighted by molar-refractivity contribution is 6.14. The van der Waals surface area contributed by atoms with Crippen LogP contribution in [0.4, 0.5) is 17.2 Å². The van der Waals surface area contributed by atoms with Crippen LogP contribution in [0.2, 0.25) is 0 Å². The van der Waals surface area contributed by atoms with Crippen molar-refractivity contribution in [2.24, 2.45) is 5.41 Å². The van der Waals surface area contributed by atoms with E-state index in [1.54, 1.807) is 26.8 Å². The van der Waals surface area contributed by atoms with E-state index in [1.165, 1.54) is 0 Å². The lowest BCUT2D eigenvalue weighted by molar-refractivity contribution is -0.135. The Morgan fingerprint density at radius 3 is 2.44 bits per heavy atom. The molecule has 1 saturated heterocycles. The van der Waals surface area contributed by atoms with Crippen molar-refractivity contribution in [3.63, 3.8) is 0 Å². The van der Waals surface area contributed by atoms with Gasteiger partial charge in [0.25, 0.3) is 0 Å². The first-order valence-corrected chi connectivity index (χ1v) is 8.86. The SMILES string of the molecule is Cc1cc(NC(=O)C(C)(C)C(=O)Nc2ccccc2N2CCOCC2)no1. The van der Waals surface area contributed by atoms with E-state index in [2.05, 4.69) is 20.7 Å². The smallest absolute Gasteiger partial charge is 0.240 e. The van der Waals surface area contributed by atoms with E-state index in [9.17, 15) is 9.59 Å². The van der Waals surface area contributed by atoms with Crippen LogP contribution < -0.4 is 15.5 Å². The molecular formula is C19H24N4O4. The maximum atomic E-state index is 12.8. The predicted molar refractivity (Wildman–Crippen MR) is 102 cm³/mol. The van der Waals surface area contributed by atoms with Crippen molar-refractivity contribution in [2.75, 3.05) is 41.8 Å². The highest BCUT2D eigenvalue weighted by Crippen LogP contribution is 2.29. The zero-order chi connectivity index (χ0) is 19.4. The fourth-order valence-corrected chi connectivity index (χ4v) is 2.74. The number of carbonyl (C=O) groups is 2. The standard InChI is InChI=1S/C19H24N4O4/c1-13-12-16(22-27-13)21-18(25)19(2,3)17(24)20-14-6-4-5-7-15(14)23-8-10-26-11-9-23/h4-7,12H,8-11H2,1-3H3,(H,20,24)(H,21,22,25). The Morgan fingerprint density at radius 1 is 1.11 bits per heavy atom. The Morgan fingerprint density at radius 2 is 1.78 bits per heavy atom. The third-order valence-electron chi connectivity index (χ3n) is 4.51. The summed E-state index contributed by atoms with van der Waals surface area (Å²) in [7, 11) is 0. The molecule has 144 valence electrons. The lowest BCUT2D eigenvalue weighted by Gasteiger charge is -2.31. The van der Waals surface area contributed by atoms with Crippen molar-refractivity contribution in [3.8, 4) is 0 Å². The monoisotopic (exact) mass is 372 g/mol. The highest BCUT2D eigenvalue weighted by atomic mass is 16.5. The number of para-hydroxylation sites is 2. The number of nitrogens with zero attached hydrogens (tertiary/aromatic N) is 2. The summed E-state index contributed by atoms with van der Waals surface area (Å²) >= 11 is 0. The molecule has 1 aromatic heterocycles. The third-order valence-corrected chi connectivity index (χ3v) is 4.51. The largest absolute Gasteiger partial charge is 0.378 e. The van der Waals surface area contributed by atoms with E-state index in [-0.39, 0.29) is 5.82 Å². The average molecular weight is 372 g/mol. The second-order valence-corrected chi connectivity index (χ2v) is 6.97. The van der Waals surface area contributed by atoms with E-state index in [0.29, 0.717) is 24.7 Å². The van der Waals surface area contributed by atoms with Gasteiger partial charge in [-0.15, -0.1) is 0 Å². The van der Waals surface area contributed by atoms with Gasteiger partial charge in [0.05, 0.1) is 24.6 Å². The number of nitrogens with one attached hydrogen (secondary N) is 2. The van der Waals surface area contributed by atoms with Crippen LogP contribution in [-0.4, -0.2) is 43.3 Å². The molecule has 0 spiro atoms. The van der Waals surface area contributed by atoms with Crippen LogP contribution in [0.5, 0.6) is 0 Å². The second-order valence-electron chi connectivity index (χ2n) is 6.97. The molecule has 1 aliphatic heterocycles. The van der Waals surface area contributed by atoms with Gasteiger partial charge in [0.2, 0.25) is 11.8 Å². The number of benzene rings is 1. The zero-order valence-electron chi connectivity index (χ0n) is 15.7. The number of morpholine rings is 1. The van der Waals surface area contributed by atoms with E-state index in [0.717, 1.165) is 18.8 Å². The van der Waals surface area contributed by atoms with Crippen LogP contribution in [0.25, 0.3) is 0 Å². The Hall–Kier alpha value is -2.87. The van der Waals surface area contributed by atoms with Crippen molar-refractivity contribution in [1.29, 1.82) is 0 Å². The molecule has 0 aliphatic carbocycles. The van der Waals surface area contributed by atoms with Crippen molar-refractivity contribution in [2.45, 2.75) is 20.8 Å². The topological polar surface area (TPSA) is 96.7 Å². The predicted octanol–water partition coefficient (Wildman–Crippen LogP) is 2.42. The number of hydrogen-bond donors (Lipinski definition) is 2. The first-order chi connectivity index (χ1) is 12.9. The maximum Gasteiger partial charge on any atom is 0.240 e. The first-order valence-electron chi connectivity index (χ1n) is 8.86. The van der Waals surface area contributed by atoms with Crippen molar-refractivity contribution in [3.05, 3.63) is 36.1 Å². The lowest BCUT2D eigenvalue weighted by atomic mass is 9.91. The normalized spacial score (nSPS) is 14.7. The van der Waals surface area contributed by atoms with E-state index in [1.807, 2.05) is 24.3 Å². The van der Waals surface area contributed by atoms with Crippen LogP contribution in [0.15, 0.2) is 34.9 Å². The number of ether oxygens (including phenoxy) is 1. The number of amides is 2. The van der Waals surface area contributed by atoms with Gasteiger partial charge in [0.1, 0.15) is 11.2 Å². The number of carbonyl (C=O) groups excluding carboxylic acids is 2. The molecule has 1 fully saturated rings. The fraction of sp³-hybridized carbons (Fsp3) is 0.421. The molecule has 0 bridgehead atoms. The zero-order valence-corrected chi connectivity index (χ0v) is 15.7. The first kappa shape index (κ1) is 18.9. The Kier molecular flexibility index (Phi) is 5.46. The van der Waals surface area contributed by atoms with Gasteiger partial charge in [-0.25, -0.2) is 0 Å². The highest BCUT2D eigenvalue weighted by Gasteiger charge is 2.37. The molecule has 0 saturated carbocycles. The minimum atomic E-state index is -1.30. The summed E-state index contributed by atoms with van der Waals surface area (Å²) < 4.78 is 10.3. The van der Waals surface area contributed by atoms with Crippen LogP contribution in [0, 0.1) is 12.3 Å². The van der Waals surface area contributed by atoms with Gasteiger partial charge in [-0.1, -0.05) is 17.3 Å². The average Bonchev–Trinajstić information content (AvgIpc) is 3.07. The van der Waals surface area contributed by atoms with Gasteiger partial charge < -0.3 is 24.8 Å². The summed E-state index contributed by atoms with van der Waals surface area (Å²) in [6.07, 6.45) is 0. The molecule has 1 aliphatic rings. The van der Waals surface area contributed by atoms with E-state index >= 15 is 0 Å². The fourth-order valence-electron chi connectivity index (χ4n) is 2.74. The van der Waals surface area contributed by atoms with Gasteiger partial charge in [-0.3, -0.25) is 9.59 Å². The summed E-state index contributed by atoms with van der Waals surface area (Å²) in [5.41, 5.74) is 0.283. The summed E-state index contributed by atoms with van der Waals surface area (Å²) in [4.78, 5) is 27.6. The summed E-state index contributed by atoms with van der Waals surface area (Å²) in [6, 6.07) is 9.15. The number of aromatic nitrogens is 1. The van der Waals surface area contributed by atoms with Crippen LogP contribution in [-0.2, 0) is 14.3 Å².